The van der Waals surface area contributed by atoms with Gasteiger partial charge in [0.15, 0.2) is 5.82 Å². The van der Waals surface area contributed by atoms with Gasteiger partial charge in [0, 0.05) is 31.0 Å². The average molecular weight is 349 g/mol. The smallest absolute Gasteiger partial charge is 0.257 e. The summed E-state index contributed by atoms with van der Waals surface area (Å²) in [5, 5.41) is 4.10. The molecule has 0 unspecified atom stereocenters. The van der Waals surface area contributed by atoms with E-state index in [-0.39, 0.29) is 11.8 Å². The van der Waals surface area contributed by atoms with Gasteiger partial charge in [0.25, 0.3) is 5.89 Å². The average Bonchev–Trinajstić information content (AvgIpc) is 3.30. The van der Waals surface area contributed by atoms with Crippen LogP contribution in [0.15, 0.2) is 59.1 Å². The fraction of sp³-hybridized carbons (Fsp3) is 0.250. The van der Waals surface area contributed by atoms with Crippen molar-refractivity contribution in [1.82, 2.24) is 15.0 Å². The number of benzene rings is 2. The Balaban J connectivity index is 1.46. The normalized spacial score (nSPS) is 16.9. The Kier molecular flexibility index (Phi) is 4.39. The summed E-state index contributed by atoms with van der Waals surface area (Å²) in [7, 11) is 1.62. The molecule has 2 heterocycles. The Morgan fingerprint density at radius 3 is 2.65 bits per heavy atom. The van der Waals surface area contributed by atoms with Crippen LogP contribution in [0, 0.1) is 0 Å². The highest BCUT2D eigenvalue weighted by Gasteiger charge is 2.33. The number of hydrogen-bond acceptors (Lipinski definition) is 5. The summed E-state index contributed by atoms with van der Waals surface area (Å²) < 4.78 is 10.5. The summed E-state index contributed by atoms with van der Waals surface area (Å²) in [5.74, 6) is 1.89. The van der Waals surface area contributed by atoms with Crippen LogP contribution in [0.25, 0.3) is 11.5 Å². The highest BCUT2D eigenvalue weighted by atomic mass is 16.5. The van der Waals surface area contributed by atoms with Crippen LogP contribution in [-0.2, 0) is 11.3 Å². The predicted octanol–water partition coefficient (Wildman–Crippen LogP) is 3.26. The number of carbonyl (C=O) groups excluding carboxylic acids is 1. The van der Waals surface area contributed by atoms with Crippen LogP contribution in [-0.4, -0.2) is 34.6 Å². The third-order valence-corrected chi connectivity index (χ3v) is 4.57. The molecule has 3 aromatic rings. The lowest BCUT2D eigenvalue weighted by molar-refractivity contribution is -0.128. The molecule has 2 aromatic carbocycles. The maximum Gasteiger partial charge on any atom is 0.257 e. The van der Waals surface area contributed by atoms with Crippen LogP contribution in [0.4, 0.5) is 0 Å². The summed E-state index contributed by atoms with van der Waals surface area (Å²) in [6.07, 6.45) is 0.411. The summed E-state index contributed by atoms with van der Waals surface area (Å²) in [5.41, 5.74) is 1.95. The van der Waals surface area contributed by atoms with Gasteiger partial charge in [0.2, 0.25) is 5.91 Å². The van der Waals surface area contributed by atoms with Crippen molar-refractivity contribution in [3.05, 3.63) is 66.0 Å². The Morgan fingerprint density at radius 1 is 1.15 bits per heavy atom. The van der Waals surface area contributed by atoms with E-state index in [9.17, 15) is 4.79 Å². The van der Waals surface area contributed by atoms with Gasteiger partial charge in [-0.3, -0.25) is 4.79 Å². The zero-order chi connectivity index (χ0) is 17.9. The minimum Gasteiger partial charge on any atom is -0.497 e. The minimum atomic E-state index is -0.0399. The van der Waals surface area contributed by atoms with Crippen LogP contribution in [0.1, 0.15) is 23.7 Å². The molecule has 1 saturated heterocycles. The number of ether oxygens (including phenoxy) is 1. The maximum absolute atomic E-state index is 12.3. The van der Waals surface area contributed by atoms with Gasteiger partial charge in [-0.25, -0.2) is 0 Å². The number of nitrogens with zero attached hydrogens (tertiary/aromatic N) is 3. The molecular formula is C20H19N3O3. The first-order valence-electron chi connectivity index (χ1n) is 8.52. The van der Waals surface area contributed by atoms with Gasteiger partial charge in [-0.05, 0) is 29.8 Å². The van der Waals surface area contributed by atoms with Crippen LogP contribution in [0.5, 0.6) is 5.75 Å². The first-order chi connectivity index (χ1) is 12.7. The van der Waals surface area contributed by atoms with Crippen molar-refractivity contribution >= 4 is 5.91 Å². The van der Waals surface area contributed by atoms with E-state index in [4.69, 9.17) is 9.26 Å². The Hall–Kier alpha value is -3.15. The van der Waals surface area contributed by atoms with E-state index in [1.807, 2.05) is 59.5 Å². The topological polar surface area (TPSA) is 68.5 Å². The summed E-state index contributed by atoms with van der Waals surface area (Å²) in [6, 6.07) is 17.4. The minimum absolute atomic E-state index is 0.0399. The summed E-state index contributed by atoms with van der Waals surface area (Å²) in [6.45, 7) is 1.22. The Labute approximate surface area is 151 Å². The van der Waals surface area contributed by atoms with Gasteiger partial charge < -0.3 is 14.2 Å². The number of amides is 1. The molecule has 0 aliphatic carbocycles. The van der Waals surface area contributed by atoms with Crippen LogP contribution >= 0.6 is 0 Å². The Bertz CT molecular complexity index is 890. The molecule has 132 valence electrons. The van der Waals surface area contributed by atoms with Crippen LogP contribution in [0.2, 0.25) is 0 Å². The van der Waals surface area contributed by atoms with Crippen molar-refractivity contribution in [3.63, 3.8) is 0 Å². The van der Waals surface area contributed by atoms with E-state index in [2.05, 4.69) is 10.1 Å². The van der Waals surface area contributed by atoms with Crippen LogP contribution in [0.3, 0.4) is 0 Å². The molecule has 0 saturated carbocycles. The van der Waals surface area contributed by atoms with E-state index < -0.39 is 0 Å². The second kappa shape index (κ2) is 7.00. The van der Waals surface area contributed by atoms with Crippen molar-refractivity contribution in [2.75, 3.05) is 13.7 Å². The molecular weight excluding hydrogens is 330 g/mol. The van der Waals surface area contributed by atoms with E-state index in [0.29, 0.717) is 31.2 Å². The molecule has 0 spiro atoms. The molecule has 26 heavy (non-hydrogen) atoms. The largest absolute Gasteiger partial charge is 0.497 e. The molecule has 1 fully saturated rings. The first-order valence-corrected chi connectivity index (χ1v) is 8.52. The molecule has 1 aromatic heterocycles. The molecule has 1 atom stereocenters. The van der Waals surface area contributed by atoms with E-state index in [0.717, 1.165) is 16.9 Å². The van der Waals surface area contributed by atoms with Gasteiger partial charge >= 0.3 is 0 Å². The maximum atomic E-state index is 12.3. The fourth-order valence-electron chi connectivity index (χ4n) is 3.15. The molecule has 4 rings (SSSR count). The quantitative estimate of drug-likeness (QED) is 0.707. The number of aromatic nitrogens is 2. The lowest BCUT2D eigenvalue weighted by atomic mass is 10.1. The van der Waals surface area contributed by atoms with Gasteiger partial charge in [0.05, 0.1) is 7.11 Å². The third kappa shape index (κ3) is 3.31. The second-order valence-corrected chi connectivity index (χ2v) is 6.35. The van der Waals surface area contributed by atoms with E-state index >= 15 is 0 Å². The lowest BCUT2D eigenvalue weighted by Gasteiger charge is -2.15. The fourth-order valence-corrected chi connectivity index (χ4v) is 3.15. The van der Waals surface area contributed by atoms with Crippen molar-refractivity contribution in [3.8, 4) is 17.2 Å². The van der Waals surface area contributed by atoms with Crippen molar-refractivity contribution < 1.29 is 14.1 Å². The SMILES string of the molecule is COc1ccc(-c2nc([C@H]3CC(=O)N(Cc4ccccc4)C3)no2)cc1. The molecule has 1 aliphatic heterocycles. The molecule has 6 nitrogen and oxygen atoms in total. The van der Waals surface area contributed by atoms with Crippen molar-refractivity contribution in [2.24, 2.45) is 0 Å². The number of methoxy groups -OCH3 is 1. The summed E-state index contributed by atoms with van der Waals surface area (Å²) >= 11 is 0. The molecule has 1 amide bonds. The van der Waals surface area contributed by atoms with E-state index in [1.165, 1.54) is 0 Å². The highest BCUT2D eigenvalue weighted by Crippen LogP contribution is 2.29. The van der Waals surface area contributed by atoms with E-state index in [1.54, 1.807) is 7.11 Å². The number of rotatable bonds is 5. The molecule has 1 aliphatic rings. The van der Waals surface area contributed by atoms with Gasteiger partial charge in [-0.2, -0.15) is 4.98 Å². The molecule has 6 heteroatoms. The van der Waals surface area contributed by atoms with Crippen molar-refractivity contribution in [2.45, 2.75) is 18.9 Å². The molecule has 0 radical (unpaired) electrons. The molecule has 0 bridgehead atoms. The molecule has 0 N–H and O–H groups in total. The monoisotopic (exact) mass is 349 g/mol. The van der Waals surface area contributed by atoms with Gasteiger partial charge in [0.1, 0.15) is 5.75 Å². The van der Waals surface area contributed by atoms with Gasteiger partial charge in [-0.1, -0.05) is 35.5 Å². The van der Waals surface area contributed by atoms with Gasteiger partial charge in [-0.15, -0.1) is 0 Å². The summed E-state index contributed by atoms with van der Waals surface area (Å²) in [4.78, 5) is 18.7. The Morgan fingerprint density at radius 2 is 1.92 bits per heavy atom. The second-order valence-electron chi connectivity index (χ2n) is 6.35. The van der Waals surface area contributed by atoms with Crippen molar-refractivity contribution in [1.29, 1.82) is 0 Å². The first kappa shape index (κ1) is 16.3. The standard InChI is InChI=1S/C20H19N3O3/c1-25-17-9-7-15(8-10-17)20-21-19(22-26-20)16-11-18(24)23(13-16)12-14-5-3-2-4-6-14/h2-10,16H,11-13H2,1H3/t16-/m0/s1. The predicted molar refractivity (Wildman–Crippen MR) is 95.5 cm³/mol. The lowest BCUT2D eigenvalue weighted by Crippen LogP contribution is -2.24. The zero-order valence-electron chi connectivity index (χ0n) is 14.5. The van der Waals surface area contributed by atoms with Crippen LogP contribution < -0.4 is 4.74 Å². The third-order valence-electron chi connectivity index (χ3n) is 4.57. The number of hydrogen-bond donors (Lipinski definition) is 0. The number of likely N-dealkylation sites (tertiary alicyclic amines) is 1. The highest BCUT2D eigenvalue weighted by molar-refractivity contribution is 5.79. The zero-order valence-corrected chi connectivity index (χ0v) is 14.5. The number of carbonyl (C=O) groups is 1.